The van der Waals surface area contributed by atoms with Crippen LogP contribution in [0.15, 0.2) is 30.9 Å². The summed E-state index contributed by atoms with van der Waals surface area (Å²) in [5, 5.41) is 8.76. The van der Waals surface area contributed by atoms with Crippen LogP contribution in [0.4, 0.5) is 0 Å². The van der Waals surface area contributed by atoms with Gasteiger partial charge in [-0.2, -0.15) is 0 Å². The molecule has 0 aromatic heterocycles. The highest BCUT2D eigenvalue weighted by atomic mass is 16.5. The minimum Gasteiger partial charge on any atom is -0.493 e. The number of methoxy groups -OCH3 is 1. The van der Waals surface area contributed by atoms with E-state index in [1.807, 2.05) is 18.2 Å². The first-order valence-electron chi connectivity index (χ1n) is 5.33. The Hall–Kier alpha value is -1.48. The number of aliphatic hydroxyl groups is 1. The first kappa shape index (κ1) is 12.6. The van der Waals surface area contributed by atoms with Gasteiger partial charge >= 0.3 is 0 Å². The average Bonchev–Trinajstić information content (AvgIpc) is 2.34. The minimum absolute atomic E-state index is 0.205. The lowest BCUT2D eigenvalue weighted by Crippen LogP contribution is -1.97. The van der Waals surface area contributed by atoms with Gasteiger partial charge in [0.1, 0.15) is 6.61 Å². The second-order valence-electron chi connectivity index (χ2n) is 3.41. The van der Waals surface area contributed by atoms with E-state index in [0.29, 0.717) is 6.61 Å². The van der Waals surface area contributed by atoms with Crippen LogP contribution in [0.2, 0.25) is 0 Å². The van der Waals surface area contributed by atoms with E-state index >= 15 is 0 Å². The number of hydrogen-bond acceptors (Lipinski definition) is 3. The number of ether oxygens (including phenoxy) is 2. The van der Waals surface area contributed by atoms with Gasteiger partial charge in [0, 0.05) is 6.61 Å². The quantitative estimate of drug-likeness (QED) is 0.719. The Morgan fingerprint density at radius 2 is 2.19 bits per heavy atom. The summed E-state index contributed by atoms with van der Waals surface area (Å²) in [6.45, 7) is 4.27. The first-order chi connectivity index (χ1) is 7.81. The Morgan fingerprint density at radius 3 is 2.81 bits per heavy atom. The van der Waals surface area contributed by atoms with Crippen LogP contribution in [-0.4, -0.2) is 25.4 Å². The van der Waals surface area contributed by atoms with Crippen molar-refractivity contribution in [1.82, 2.24) is 0 Å². The predicted octanol–water partition coefficient (Wildman–Crippen LogP) is 2.18. The molecule has 0 atom stereocenters. The highest BCUT2D eigenvalue weighted by Crippen LogP contribution is 2.28. The number of benzene rings is 1. The van der Waals surface area contributed by atoms with E-state index in [1.54, 1.807) is 13.2 Å². The van der Waals surface area contributed by atoms with E-state index in [2.05, 4.69) is 6.58 Å². The Bertz CT molecular complexity index is 334. The molecule has 3 heteroatoms. The van der Waals surface area contributed by atoms with Crippen molar-refractivity contribution in [1.29, 1.82) is 0 Å². The van der Waals surface area contributed by atoms with Gasteiger partial charge in [-0.15, -0.1) is 0 Å². The number of hydrogen-bond donors (Lipinski definition) is 1. The van der Waals surface area contributed by atoms with Crippen molar-refractivity contribution in [3.8, 4) is 11.5 Å². The summed E-state index contributed by atoms with van der Waals surface area (Å²) in [6.07, 6.45) is 3.30. The third kappa shape index (κ3) is 3.59. The maximum Gasteiger partial charge on any atom is 0.161 e. The third-order valence-corrected chi connectivity index (χ3v) is 2.21. The summed E-state index contributed by atoms with van der Waals surface area (Å²) in [5.74, 6) is 1.44. The van der Waals surface area contributed by atoms with Crippen LogP contribution in [-0.2, 0) is 6.42 Å². The molecule has 0 fully saturated rings. The predicted molar refractivity (Wildman–Crippen MR) is 64.1 cm³/mol. The fourth-order valence-electron chi connectivity index (χ4n) is 1.42. The molecule has 1 rings (SSSR count). The van der Waals surface area contributed by atoms with Gasteiger partial charge in [0.05, 0.1) is 7.11 Å². The van der Waals surface area contributed by atoms with Crippen molar-refractivity contribution in [2.24, 2.45) is 0 Å². The van der Waals surface area contributed by atoms with Gasteiger partial charge in [0.2, 0.25) is 0 Å². The van der Waals surface area contributed by atoms with Crippen molar-refractivity contribution < 1.29 is 14.6 Å². The second-order valence-corrected chi connectivity index (χ2v) is 3.41. The van der Waals surface area contributed by atoms with Crippen molar-refractivity contribution in [2.75, 3.05) is 20.3 Å². The first-order valence-corrected chi connectivity index (χ1v) is 5.33. The lowest BCUT2D eigenvalue weighted by Gasteiger charge is -2.10. The zero-order valence-corrected chi connectivity index (χ0v) is 9.61. The van der Waals surface area contributed by atoms with Gasteiger partial charge in [-0.3, -0.25) is 0 Å². The van der Waals surface area contributed by atoms with Crippen molar-refractivity contribution >= 4 is 0 Å². The topological polar surface area (TPSA) is 38.7 Å². The molecule has 0 unspecified atom stereocenters. The van der Waals surface area contributed by atoms with Crippen molar-refractivity contribution in [2.45, 2.75) is 12.8 Å². The molecule has 88 valence electrons. The van der Waals surface area contributed by atoms with Gasteiger partial charge in [-0.25, -0.2) is 0 Å². The molecule has 0 spiro atoms. The summed E-state index contributed by atoms with van der Waals surface area (Å²) in [7, 11) is 1.62. The van der Waals surface area contributed by atoms with Crippen LogP contribution in [0.25, 0.3) is 0 Å². The molecule has 0 saturated carbocycles. The van der Waals surface area contributed by atoms with E-state index in [1.165, 1.54) is 0 Å². The summed E-state index contributed by atoms with van der Waals surface area (Å²) < 4.78 is 10.7. The van der Waals surface area contributed by atoms with Crippen LogP contribution in [0.3, 0.4) is 0 Å². The van der Waals surface area contributed by atoms with E-state index in [9.17, 15) is 0 Å². The zero-order valence-electron chi connectivity index (χ0n) is 9.61. The molecule has 16 heavy (non-hydrogen) atoms. The zero-order chi connectivity index (χ0) is 11.8. The van der Waals surface area contributed by atoms with Crippen LogP contribution in [0.5, 0.6) is 11.5 Å². The number of aliphatic hydroxyl groups excluding tert-OH is 1. The molecule has 0 aliphatic rings. The average molecular weight is 222 g/mol. The largest absolute Gasteiger partial charge is 0.493 e. The molecule has 0 heterocycles. The molecule has 1 aromatic carbocycles. The summed E-state index contributed by atoms with van der Waals surface area (Å²) in [4.78, 5) is 0. The molecule has 1 aromatic rings. The molecule has 1 N–H and O–H groups in total. The third-order valence-electron chi connectivity index (χ3n) is 2.21. The lowest BCUT2D eigenvalue weighted by atomic mass is 10.1. The molecular formula is C13H18O3. The molecule has 0 amide bonds. The Labute approximate surface area is 96.3 Å². The summed E-state index contributed by atoms with van der Waals surface area (Å²) in [5.41, 5.74) is 1.14. The van der Waals surface area contributed by atoms with E-state index in [4.69, 9.17) is 14.6 Å². The monoisotopic (exact) mass is 222 g/mol. The van der Waals surface area contributed by atoms with Gasteiger partial charge in [0.25, 0.3) is 0 Å². The van der Waals surface area contributed by atoms with Crippen LogP contribution in [0.1, 0.15) is 12.0 Å². The minimum atomic E-state index is 0.205. The van der Waals surface area contributed by atoms with Gasteiger partial charge < -0.3 is 14.6 Å². The highest BCUT2D eigenvalue weighted by Gasteiger charge is 2.04. The normalized spacial score (nSPS) is 9.88. The smallest absolute Gasteiger partial charge is 0.161 e. The lowest BCUT2D eigenvalue weighted by molar-refractivity contribution is 0.288. The summed E-state index contributed by atoms with van der Waals surface area (Å²) in [6, 6.07) is 5.81. The fourth-order valence-corrected chi connectivity index (χ4v) is 1.42. The maximum atomic E-state index is 8.76. The van der Waals surface area contributed by atoms with E-state index in [0.717, 1.165) is 29.9 Å². The number of rotatable bonds is 7. The molecule has 0 aliphatic carbocycles. The second kappa shape index (κ2) is 6.90. The molecule has 0 bridgehead atoms. The molecular weight excluding hydrogens is 204 g/mol. The highest BCUT2D eigenvalue weighted by molar-refractivity contribution is 5.43. The fraction of sp³-hybridized carbons (Fsp3) is 0.385. The Kier molecular flexibility index (Phi) is 5.43. The molecule has 0 saturated heterocycles. The molecule has 0 aliphatic heterocycles. The van der Waals surface area contributed by atoms with Crippen molar-refractivity contribution in [3.05, 3.63) is 36.4 Å². The van der Waals surface area contributed by atoms with Crippen molar-refractivity contribution in [3.63, 3.8) is 0 Å². The van der Waals surface area contributed by atoms with Crippen LogP contribution < -0.4 is 9.47 Å². The SMILES string of the molecule is C=CCOc1ccc(CCCO)cc1OC. The molecule has 3 nitrogen and oxygen atoms in total. The van der Waals surface area contributed by atoms with Crippen LogP contribution >= 0.6 is 0 Å². The maximum absolute atomic E-state index is 8.76. The standard InChI is InChI=1S/C13H18O3/c1-3-9-16-12-7-6-11(5-4-8-14)10-13(12)15-2/h3,6-7,10,14H,1,4-5,8-9H2,2H3. The van der Waals surface area contributed by atoms with Crippen LogP contribution in [0, 0.1) is 0 Å². The van der Waals surface area contributed by atoms with Gasteiger partial charge in [-0.05, 0) is 30.5 Å². The molecule has 0 radical (unpaired) electrons. The Balaban J connectivity index is 2.75. The number of aryl methyl sites for hydroxylation is 1. The van der Waals surface area contributed by atoms with E-state index in [-0.39, 0.29) is 6.61 Å². The Morgan fingerprint density at radius 1 is 1.38 bits per heavy atom. The van der Waals surface area contributed by atoms with Gasteiger partial charge in [-0.1, -0.05) is 18.7 Å². The van der Waals surface area contributed by atoms with E-state index < -0.39 is 0 Å². The van der Waals surface area contributed by atoms with Gasteiger partial charge in [0.15, 0.2) is 11.5 Å². The summed E-state index contributed by atoms with van der Waals surface area (Å²) >= 11 is 0.